The summed E-state index contributed by atoms with van der Waals surface area (Å²) in [6.45, 7) is -0.383. The summed E-state index contributed by atoms with van der Waals surface area (Å²) >= 11 is 0. The maximum atomic E-state index is 9.60. The second-order valence-corrected chi connectivity index (χ2v) is 3.15. The maximum absolute atomic E-state index is 9.60. The molecule has 0 aliphatic rings. The molecule has 0 fully saturated rings. The van der Waals surface area contributed by atoms with Crippen molar-refractivity contribution in [1.82, 2.24) is 0 Å². The molecule has 2 N–H and O–H groups in total. The molecule has 0 amide bonds. The van der Waals surface area contributed by atoms with Crippen LogP contribution in [0.25, 0.3) is 0 Å². The van der Waals surface area contributed by atoms with Crippen LogP contribution in [0.4, 0.5) is 0 Å². The zero-order valence-corrected chi connectivity index (χ0v) is 9.56. The fourth-order valence-electron chi connectivity index (χ4n) is 1.41. The molecule has 0 saturated heterocycles. The third-order valence-corrected chi connectivity index (χ3v) is 2.27. The van der Waals surface area contributed by atoms with Crippen LogP contribution >= 0.6 is 0 Å². The summed E-state index contributed by atoms with van der Waals surface area (Å²) in [7, 11) is 4.49. The van der Waals surface area contributed by atoms with Gasteiger partial charge in [0.05, 0.1) is 27.9 Å². The number of ether oxygens (including phenoxy) is 3. The lowest BCUT2D eigenvalue weighted by molar-refractivity contribution is 0.0930. The minimum atomic E-state index is -1.00. The van der Waals surface area contributed by atoms with Gasteiger partial charge in [0.2, 0.25) is 0 Å². The van der Waals surface area contributed by atoms with Gasteiger partial charge in [0.25, 0.3) is 0 Å². The van der Waals surface area contributed by atoms with Gasteiger partial charge in [-0.05, 0) is 6.07 Å². The predicted molar refractivity (Wildman–Crippen MR) is 58.1 cm³/mol. The lowest BCUT2D eigenvalue weighted by atomic mass is 10.1. The van der Waals surface area contributed by atoms with Crippen molar-refractivity contribution in [3.8, 4) is 17.2 Å². The highest BCUT2D eigenvalue weighted by Crippen LogP contribution is 2.37. The van der Waals surface area contributed by atoms with Gasteiger partial charge in [-0.2, -0.15) is 0 Å². The molecule has 1 unspecified atom stereocenters. The normalized spacial score (nSPS) is 12.1. The summed E-state index contributed by atoms with van der Waals surface area (Å²) < 4.78 is 15.3. The molecule has 0 radical (unpaired) electrons. The van der Waals surface area contributed by atoms with Crippen molar-refractivity contribution < 1.29 is 24.4 Å². The van der Waals surface area contributed by atoms with E-state index >= 15 is 0 Å². The fraction of sp³-hybridized carbons (Fsp3) is 0.455. The molecule has 5 heteroatoms. The van der Waals surface area contributed by atoms with Crippen LogP contribution < -0.4 is 14.2 Å². The lowest BCUT2D eigenvalue weighted by Gasteiger charge is -2.16. The van der Waals surface area contributed by atoms with Gasteiger partial charge in [0.1, 0.15) is 11.9 Å². The molecule has 90 valence electrons. The molecule has 1 rings (SSSR count). The summed E-state index contributed by atoms with van der Waals surface area (Å²) in [6, 6.07) is 3.19. The van der Waals surface area contributed by atoms with E-state index in [0.29, 0.717) is 22.8 Å². The second-order valence-electron chi connectivity index (χ2n) is 3.15. The third kappa shape index (κ3) is 2.37. The Balaban J connectivity index is 3.25. The number of aliphatic hydroxyl groups is 2. The highest BCUT2D eigenvalue weighted by Gasteiger charge is 2.17. The first kappa shape index (κ1) is 12.6. The number of aliphatic hydroxyl groups excluding tert-OH is 2. The van der Waals surface area contributed by atoms with Crippen molar-refractivity contribution in [3.05, 3.63) is 17.7 Å². The molecule has 5 nitrogen and oxygen atoms in total. The molecule has 1 aromatic rings. The van der Waals surface area contributed by atoms with Gasteiger partial charge < -0.3 is 24.4 Å². The molecule has 0 saturated carbocycles. The smallest absolute Gasteiger partial charge is 0.164 e. The molecular weight excluding hydrogens is 212 g/mol. The predicted octanol–water partition coefficient (Wildman–Crippen LogP) is 0.738. The maximum Gasteiger partial charge on any atom is 0.164 e. The first-order valence-electron chi connectivity index (χ1n) is 4.76. The van der Waals surface area contributed by atoms with Crippen LogP contribution in [0.5, 0.6) is 17.2 Å². The number of methoxy groups -OCH3 is 3. The summed E-state index contributed by atoms with van der Waals surface area (Å²) in [5.41, 5.74) is 0.461. The summed E-state index contributed by atoms with van der Waals surface area (Å²) in [5, 5.41) is 18.5. The van der Waals surface area contributed by atoms with E-state index in [2.05, 4.69) is 0 Å². The van der Waals surface area contributed by atoms with Crippen molar-refractivity contribution in [2.24, 2.45) is 0 Å². The Hall–Kier alpha value is -1.46. The molecule has 0 aliphatic heterocycles. The van der Waals surface area contributed by atoms with Crippen molar-refractivity contribution in [2.45, 2.75) is 6.10 Å². The van der Waals surface area contributed by atoms with Gasteiger partial charge in [-0.15, -0.1) is 0 Å². The van der Waals surface area contributed by atoms with Crippen molar-refractivity contribution in [1.29, 1.82) is 0 Å². The topological polar surface area (TPSA) is 68.2 Å². The minimum Gasteiger partial charge on any atom is -0.496 e. The molecule has 0 bridgehead atoms. The van der Waals surface area contributed by atoms with E-state index in [1.807, 2.05) is 0 Å². The van der Waals surface area contributed by atoms with Gasteiger partial charge in [0, 0.05) is 11.6 Å². The van der Waals surface area contributed by atoms with E-state index < -0.39 is 6.10 Å². The Morgan fingerprint density at radius 1 is 1.00 bits per heavy atom. The Bertz CT molecular complexity index is 350. The average Bonchev–Trinajstić information content (AvgIpc) is 2.35. The van der Waals surface area contributed by atoms with Crippen LogP contribution in [-0.4, -0.2) is 38.1 Å². The average molecular weight is 228 g/mol. The molecule has 0 spiro atoms. The van der Waals surface area contributed by atoms with Crippen LogP contribution in [0.15, 0.2) is 12.1 Å². The third-order valence-electron chi connectivity index (χ3n) is 2.27. The second kappa shape index (κ2) is 5.58. The van der Waals surface area contributed by atoms with Gasteiger partial charge >= 0.3 is 0 Å². The Labute approximate surface area is 94.2 Å². The van der Waals surface area contributed by atoms with Gasteiger partial charge in [-0.25, -0.2) is 0 Å². The minimum absolute atomic E-state index is 0.383. The first-order valence-corrected chi connectivity index (χ1v) is 4.76. The molecule has 0 aliphatic carbocycles. The van der Waals surface area contributed by atoms with E-state index in [-0.39, 0.29) is 6.61 Å². The monoisotopic (exact) mass is 228 g/mol. The van der Waals surface area contributed by atoms with E-state index in [1.165, 1.54) is 21.3 Å². The molecule has 0 heterocycles. The molecule has 16 heavy (non-hydrogen) atoms. The van der Waals surface area contributed by atoms with Crippen LogP contribution in [0.2, 0.25) is 0 Å². The zero-order valence-electron chi connectivity index (χ0n) is 9.56. The number of rotatable bonds is 5. The lowest BCUT2D eigenvalue weighted by Crippen LogP contribution is -2.06. The summed E-state index contributed by atoms with van der Waals surface area (Å²) in [5.74, 6) is 1.43. The number of benzene rings is 1. The van der Waals surface area contributed by atoms with E-state index in [4.69, 9.17) is 19.3 Å². The highest BCUT2D eigenvalue weighted by atomic mass is 16.5. The number of hydrogen-bond acceptors (Lipinski definition) is 5. The van der Waals surface area contributed by atoms with Crippen molar-refractivity contribution in [2.75, 3.05) is 27.9 Å². The van der Waals surface area contributed by atoms with Crippen molar-refractivity contribution >= 4 is 0 Å². The summed E-state index contributed by atoms with van der Waals surface area (Å²) in [6.07, 6.45) is -1.00. The molecule has 1 atom stereocenters. The Kier molecular flexibility index (Phi) is 4.39. The van der Waals surface area contributed by atoms with Crippen LogP contribution in [0, 0.1) is 0 Å². The number of hydrogen-bond donors (Lipinski definition) is 2. The van der Waals surface area contributed by atoms with Gasteiger partial charge in [0.15, 0.2) is 11.5 Å². The van der Waals surface area contributed by atoms with Gasteiger partial charge in [-0.1, -0.05) is 0 Å². The SMILES string of the molecule is COc1cc(OC)c(C(O)CO)cc1OC. The van der Waals surface area contributed by atoms with Crippen molar-refractivity contribution in [3.63, 3.8) is 0 Å². The zero-order chi connectivity index (χ0) is 12.1. The molecule has 0 aromatic heterocycles. The quantitative estimate of drug-likeness (QED) is 0.778. The van der Waals surface area contributed by atoms with E-state index in [1.54, 1.807) is 12.1 Å². The van der Waals surface area contributed by atoms with Crippen LogP contribution in [0.1, 0.15) is 11.7 Å². The Morgan fingerprint density at radius 3 is 1.94 bits per heavy atom. The van der Waals surface area contributed by atoms with E-state index in [9.17, 15) is 5.11 Å². The van der Waals surface area contributed by atoms with Crippen LogP contribution in [0.3, 0.4) is 0 Å². The largest absolute Gasteiger partial charge is 0.496 e. The van der Waals surface area contributed by atoms with E-state index in [0.717, 1.165) is 0 Å². The Morgan fingerprint density at radius 2 is 1.50 bits per heavy atom. The molecular formula is C11H16O5. The molecule has 1 aromatic carbocycles. The van der Waals surface area contributed by atoms with Gasteiger partial charge in [-0.3, -0.25) is 0 Å². The highest BCUT2D eigenvalue weighted by molar-refractivity contribution is 5.51. The fourth-order valence-corrected chi connectivity index (χ4v) is 1.41. The summed E-state index contributed by atoms with van der Waals surface area (Å²) in [4.78, 5) is 0. The first-order chi connectivity index (χ1) is 7.67. The standard InChI is InChI=1S/C11H16O5/c1-14-9-5-11(16-3)10(15-2)4-7(9)8(13)6-12/h4-5,8,12-13H,6H2,1-3H3. The van der Waals surface area contributed by atoms with Crippen LogP contribution in [-0.2, 0) is 0 Å².